The summed E-state index contributed by atoms with van der Waals surface area (Å²) in [5, 5.41) is 4.24. The number of pyridine rings is 1. The zero-order valence-electron chi connectivity index (χ0n) is 13.4. The van der Waals surface area contributed by atoms with Gasteiger partial charge in [0.15, 0.2) is 5.82 Å². The van der Waals surface area contributed by atoms with Gasteiger partial charge in [0.1, 0.15) is 5.69 Å². The van der Waals surface area contributed by atoms with Gasteiger partial charge in [-0.1, -0.05) is 6.07 Å². The van der Waals surface area contributed by atoms with Crippen LogP contribution in [-0.2, 0) is 0 Å². The quantitative estimate of drug-likeness (QED) is 0.708. The molecule has 4 rings (SSSR count). The predicted octanol–water partition coefficient (Wildman–Crippen LogP) is 0.871. The first-order chi connectivity index (χ1) is 11.8. The molecule has 1 aliphatic rings. The van der Waals surface area contributed by atoms with Gasteiger partial charge in [0.05, 0.1) is 0 Å². The summed E-state index contributed by atoms with van der Waals surface area (Å²) in [6.45, 7) is 3.75. The Balaban J connectivity index is 1.77. The Morgan fingerprint density at radius 2 is 1.71 bits per heavy atom. The van der Waals surface area contributed by atoms with E-state index in [1.54, 1.807) is 17.1 Å². The van der Waals surface area contributed by atoms with E-state index < -0.39 is 0 Å². The summed E-state index contributed by atoms with van der Waals surface area (Å²) in [4.78, 5) is 22.6. The van der Waals surface area contributed by atoms with Crippen molar-refractivity contribution in [1.82, 2.24) is 34.6 Å². The zero-order valence-corrected chi connectivity index (χ0v) is 13.4. The minimum atomic E-state index is 0.504. The number of likely N-dealkylation sites (N-methyl/N-ethyl adjacent to an activating group) is 1. The maximum Gasteiger partial charge on any atom is 0.255 e. The summed E-state index contributed by atoms with van der Waals surface area (Å²) in [6, 6.07) is 7.55. The second kappa shape index (κ2) is 6.32. The highest BCUT2D eigenvalue weighted by molar-refractivity contribution is 5.52. The Morgan fingerprint density at radius 1 is 0.875 bits per heavy atom. The SMILES string of the molecule is CN1CCN(c2nc(-c3ccccn3)nc(-n3cccn3)n2)CC1. The molecule has 0 radical (unpaired) electrons. The maximum absolute atomic E-state index is 4.64. The Morgan fingerprint density at radius 3 is 2.42 bits per heavy atom. The number of piperazine rings is 1. The van der Waals surface area contributed by atoms with Gasteiger partial charge < -0.3 is 9.80 Å². The fourth-order valence-corrected chi connectivity index (χ4v) is 2.60. The van der Waals surface area contributed by atoms with Crippen molar-refractivity contribution in [2.45, 2.75) is 0 Å². The first-order valence-electron chi connectivity index (χ1n) is 7.90. The van der Waals surface area contributed by atoms with Gasteiger partial charge in [-0.15, -0.1) is 0 Å². The first kappa shape index (κ1) is 14.7. The molecule has 122 valence electrons. The summed E-state index contributed by atoms with van der Waals surface area (Å²) in [6.07, 6.45) is 5.27. The van der Waals surface area contributed by atoms with Crippen LogP contribution in [0.1, 0.15) is 0 Å². The van der Waals surface area contributed by atoms with Crippen molar-refractivity contribution in [3.05, 3.63) is 42.9 Å². The van der Waals surface area contributed by atoms with Crippen molar-refractivity contribution >= 4 is 5.95 Å². The van der Waals surface area contributed by atoms with Crippen LogP contribution in [0.25, 0.3) is 17.5 Å². The number of hydrogen-bond donors (Lipinski definition) is 0. The van der Waals surface area contributed by atoms with Gasteiger partial charge in [-0.05, 0) is 25.2 Å². The molecule has 3 aromatic rings. The molecule has 8 heteroatoms. The summed E-state index contributed by atoms with van der Waals surface area (Å²) in [7, 11) is 2.12. The minimum absolute atomic E-state index is 0.504. The topological polar surface area (TPSA) is 75.9 Å². The third-order valence-electron chi connectivity index (χ3n) is 4.00. The largest absolute Gasteiger partial charge is 0.338 e. The van der Waals surface area contributed by atoms with Crippen LogP contribution in [-0.4, -0.2) is 67.8 Å². The number of nitrogens with zero attached hydrogens (tertiary/aromatic N) is 8. The lowest BCUT2D eigenvalue weighted by Crippen LogP contribution is -2.45. The second-order valence-electron chi connectivity index (χ2n) is 5.71. The molecule has 0 saturated carbocycles. The highest BCUT2D eigenvalue weighted by Crippen LogP contribution is 2.18. The molecule has 0 aromatic carbocycles. The van der Waals surface area contributed by atoms with Crippen molar-refractivity contribution in [2.24, 2.45) is 0 Å². The predicted molar refractivity (Wildman–Crippen MR) is 89.9 cm³/mol. The third kappa shape index (κ3) is 2.95. The van der Waals surface area contributed by atoms with Crippen LogP contribution >= 0.6 is 0 Å². The van der Waals surface area contributed by atoms with E-state index >= 15 is 0 Å². The van der Waals surface area contributed by atoms with Crippen LogP contribution in [0.3, 0.4) is 0 Å². The molecule has 1 saturated heterocycles. The van der Waals surface area contributed by atoms with E-state index in [9.17, 15) is 0 Å². The van der Waals surface area contributed by atoms with Crippen LogP contribution < -0.4 is 4.90 Å². The van der Waals surface area contributed by atoms with E-state index in [2.05, 4.69) is 41.9 Å². The van der Waals surface area contributed by atoms with E-state index in [1.807, 2.05) is 30.5 Å². The van der Waals surface area contributed by atoms with Crippen molar-refractivity contribution < 1.29 is 0 Å². The molecule has 0 amide bonds. The second-order valence-corrected chi connectivity index (χ2v) is 5.71. The highest BCUT2D eigenvalue weighted by atomic mass is 15.4. The Hall–Kier alpha value is -2.87. The molecule has 3 aromatic heterocycles. The van der Waals surface area contributed by atoms with E-state index in [4.69, 9.17) is 0 Å². The van der Waals surface area contributed by atoms with Crippen molar-refractivity contribution in [3.63, 3.8) is 0 Å². The Labute approximate surface area is 139 Å². The molecule has 0 N–H and O–H groups in total. The van der Waals surface area contributed by atoms with Crippen LogP contribution in [0, 0.1) is 0 Å². The number of aromatic nitrogens is 6. The summed E-state index contributed by atoms with van der Waals surface area (Å²) < 4.78 is 1.65. The minimum Gasteiger partial charge on any atom is -0.338 e. The maximum atomic E-state index is 4.64. The Bertz CT molecular complexity index is 794. The normalized spacial score (nSPS) is 15.6. The highest BCUT2D eigenvalue weighted by Gasteiger charge is 2.19. The smallest absolute Gasteiger partial charge is 0.255 e. The first-order valence-corrected chi connectivity index (χ1v) is 7.90. The van der Waals surface area contributed by atoms with Gasteiger partial charge in [0, 0.05) is 44.8 Å². The molecule has 4 heterocycles. The Kier molecular flexibility index (Phi) is 3.87. The van der Waals surface area contributed by atoms with Crippen molar-refractivity contribution in [1.29, 1.82) is 0 Å². The molecule has 0 bridgehead atoms. The van der Waals surface area contributed by atoms with Crippen LogP contribution in [0.5, 0.6) is 0 Å². The molecule has 0 atom stereocenters. The van der Waals surface area contributed by atoms with Gasteiger partial charge in [-0.25, -0.2) is 4.68 Å². The zero-order chi connectivity index (χ0) is 16.4. The molecular formula is C16H18N8. The average Bonchev–Trinajstić information content (AvgIpc) is 3.17. The molecule has 1 aliphatic heterocycles. The van der Waals surface area contributed by atoms with E-state index in [-0.39, 0.29) is 0 Å². The number of hydrogen-bond acceptors (Lipinski definition) is 7. The lowest BCUT2D eigenvalue weighted by Gasteiger charge is -2.32. The lowest BCUT2D eigenvalue weighted by molar-refractivity contribution is 0.311. The third-order valence-corrected chi connectivity index (χ3v) is 4.00. The summed E-state index contributed by atoms with van der Waals surface area (Å²) in [5.74, 6) is 1.74. The average molecular weight is 322 g/mol. The van der Waals surface area contributed by atoms with Gasteiger partial charge in [0.2, 0.25) is 5.95 Å². The van der Waals surface area contributed by atoms with Crippen LogP contribution in [0.15, 0.2) is 42.9 Å². The van der Waals surface area contributed by atoms with Crippen LogP contribution in [0.4, 0.5) is 5.95 Å². The molecule has 1 fully saturated rings. The van der Waals surface area contributed by atoms with Gasteiger partial charge in [-0.2, -0.15) is 20.1 Å². The van der Waals surface area contributed by atoms with Gasteiger partial charge in [0.25, 0.3) is 5.95 Å². The molecule has 0 aliphatic carbocycles. The molecule has 0 unspecified atom stereocenters. The monoisotopic (exact) mass is 322 g/mol. The molecular weight excluding hydrogens is 304 g/mol. The van der Waals surface area contributed by atoms with Crippen molar-refractivity contribution in [3.8, 4) is 17.5 Å². The fourth-order valence-electron chi connectivity index (χ4n) is 2.60. The summed E-state index contributed by atoms with van der Waals surface area (Å²) >= 11 is 0. The lowest BCUT2D eigenvalue weighted by atomic mass is 10.3. The van der Waals surface area contributed by atoms with Crippen molar-refractivity contribution in [2.75, 3.05) is 38.1 Å². The molecule has 8 nitrogen and oxygen atoms in total. The van der Waals surface area contributed by atoms with E-state index in [0.717, 1.165) is 31.9 Å². The number of rotatable bonds is 3. The fraction of sp³-hybridized carbons (Fsp3) is 0.312. The summed E-state index contributed by atoms with van der Waals surface area (Å²) in [5.41, 5.74) is 0.726. The van der Waals surface area contributed by atoms with E-state index in [0.29, 0.717) is 17.7 Å². The van der Waals surface area contributed by atoms with Gasteiger partial charge in [-0.3, -0.25) is 4.98 Å². The molecule has 24 heavy (non-hydrogen) atoms. The number of anilines is 1. The van der Waals surface area contributed by atoms with Crippen LogP contribution in [0.2, 0.25) is 0 Å². The standard InChI is InChI=1S/C16H18N8/c1-22-9-11-23(12-10-22)15-19-14(13-5-2-3-6-17-13)20-16(21-15)24-8-4-7-18-24/h2-8H,9-12H2,1H3. The van der Waals surface area contributed by atoms with E-state index in [1.165, 1.54) is 0 Å². The van der Waals surface area contributed by atoms with Gasteiger partial charge >= 0.3 is 0 Å². The molecule has 0 spiro atoms.